The van der Waals surface area contributed by atoms with Crippen LogP contribution in [0.5, 0.6) is 0 Å². The highest BCUT2D eigenvalue weighted by molar-refractivity contribution is 7.52. The predicted octanol–water partition coefficient (Wildman–Crippen LogP) is 3.04. The van der Waals surface area contributed by atoms with E-state index in [1.54, 1.807) is 34.6 Å². The fourth-order valence-corrected chi connectivity index (χ4v) is 2.66. The van der Waals surface area contributed by atoms with Gasteiger partial charge >= 0.3 is 13.8 Å². The summed E-state index contributed by atoms with van der Waals surface area (Å²) >= 11 is 0. The maximum Gasteiger partial charge on any atom is 0.441 e. The van der Waals surface area contributed by atoms with Gasteiger partial charge in [-0.15, -0.1) is 6.42 Å². The van der Waals surface area contributed by atoms with Gasteiger partial charge in [0.2, 0.25) is 0 Å². The van der Waals surface area contributed by atoms with Gasteiger partial charge in [-0.25, -0.2) is 14.0 Å². The van der Waals surface area contributed by atoms with E-state index in [2.05, 4.69) is 5.92 Å². The maximum absolute atomic E-state index is 12.5. The summed E-state index contributed by atoms with van der Waals surface area (Å²) in [7, 11) is -3.77. The Kier molecular flexibility index (Phi) is 7.14. The lowest BCUT2D eigenvalue weighted by Gasteiger charge is -2.30. The molecule has 0 fully saturated rings. The molecule has 1 amide bonds. The summed E-state index contributed by atoms with van der Waals surface area (Å²) < 4.78 is 28.7. The molecule has 110 valence electrons. The third kappa shape index (κ3) is 6.11. The quantitative estimate of drug-likeness (QED) is 0.556. The summed E-state index contributed by atoms with van der Waals surface area (Å²) in [5.41, 5.74) is -0.729. The molecule has 0 aromatic carbocycles. The largest absolute Gasteiger partial charge is 0.443 e. The molecule has 0 aromatic heterocycles. The van der Waals surface area contributed by atoms with Crippen molar-refractivity contribution in [2.24, 2.45) is 0 Å². The van der Waals surface area contributed by atoms with Gasteiger partial charge in [-0.1, -0.05) is 5.92 Å². The van der Waals surface area contributed by atoms with E-state index in [4.69, 9.17) is 20.2 Å². The van der Waals surface area contributed by atoms with Crippen LogP contribution in [-0.2, 0) is 18.3 Å². The van der Waals surface area contributed by atoms with E-state index in [0.717, 1.165) is 4.67 Å². The summed E-state index contributed by atoms with van der Waals surface area (Å²) in [4.78, 5) is 12.0. The van der Waals surface area contributed by atoms with Crippen molar-refractivity contribution in [1.82, 2.24) is 4.67 Å². The second-order valence-electron chi connectivity index (χ2n) is 4.55. The summed E-state index contributed by atoms with van der Waals surface area (Å²) in [5, 5.41) is 0. The first kappa shape index (κ1) is 18.0. The summed E-state index contributed by atoms with van der Waals surface area (Å²) in [6.07, 6.45) is 4.36. The zero-order chi connectivity index (χ0) is 15.1. The molecule has 0 aromatic rings. The average molecular weight is 291 g/mol. The number of nitrogens with zero attached hydrogens (tertiary/aromatic N) is 1. The number of ether oxygens (including phenoxy) is 1. The monoisotopic (exact) mass is 291 g/mol. The molecule has 0 unspecified atom stereocenters. The Hall–Kier alpha value is -1.02. The van der Waals surface area contributed by atoms with Crippen molar-refractivity contribution in [3.63, 3.8) is 0 Å². The van der Waals surface area contributed by atoms with Crippen LogP contribution >= 0.6 is 7.75 Å². The zero-order valence-electron chi connectivity index (χ0n) is 12.1. The third-order valence-electron chi connectivity index (χ3n) is 1.73. The van der Waals surface area contributed by atoms with Crippen molar-refractivity contribution in [3.05, 3.63) is 0 Å². The molecule has 6 nitrogen and oxygen atoms in total. The van der Waals surface area contributed by atoms with Crippen LogP contribution in [0, 0.1) is 12.3 Å². The first-order chi connectivity index (χ1) is 8.70. The van der Waals surface area contributed by atoms with Crippen LogP contribution in [0.3, 0.4) is 0 Å². The average Bonchev–Trinajstić information content (AvgIpc) is 2.23. The van der Waals surface area contributed by atoms with Gasteiger partial charge in [0.1, 0.15) is 5.60 Å². The minimum atomic E-state index is -3.77. The lowest BCUT2D eigenvalue weighted by molar-refractivity contribution is 0.0339. The summed E-state index contributed by atoms with van der Waals surface area (Å²) in [5.74, 6) is 2.25. The maximum atomic E-state index is 12.5. The molecule has 0 aliphatic heterocycles. The van der Waals surface area contributed by atoms with Gasteiger partial charge in [-0.05, 0) is 34.6 Å². The van der Waals surface area contributed by atoms with Gasteiger partial charge in [0.15, 0.2) is 0 Å². The Morgan fingerprint density at radius 1 is 1.26 bits per heavy atom. The van der Waals surface area contributed by atoms with Crippen molar-refractivity contribution in [2.45, 2.75) is 40.2 Å². The Bertz CT molecular complexity index is 373. The summed E-state index contributed by atoms with van der Waals surface area (Å²) in [6, 6.07) is 0. The van der Waals surface area contributed by atoms with Gasteiger partial charge in [0.05, 0.1) is 19.8 Å². The van der Waals surface area contributed by atoms with Gasteiger partial charge < -0.3 is 4.74 Å². The topological polar surface area (TPSA) is 65.1 Å². The Morgan fingerprint density at radius 3 is 2.05 bits per heavy atom. The molecule has 0 aliphatic rings. The van der Waals surface area contributed by atoms with E-state index in [1.165, 1.54) is 0 Å². The predicted molar refractivity (Wildman–Crippen MR) is 72.6 cm³/mol. The van der Waals surface area contributed by atoms with E-state index >= 15 is 0 Å². The van der Waals surface area contributed by atoms with Gasteiger partial charge in [-0.3, -0.25) is 9.05 Å². The smallest absolute Gasteiger partial charge is 0.441 e. The van der Waals surface area contributed by atoms with Crippen LogP contribution in [0.15, 0.2) is 0 Å². The molecule has 0 saturated heterocycles. The van der Waals surface area contributed by atoms with Crippen LogP contribution in [0.25, 0.3) is 0 Å². The minimum Gasteiger partial charge on any atom is -0.443 e. The normalized spacial score (nSPS) is 11.8. The first-order valence-corrected chi connectivity index (χ1v) is 7.53. The molecular formula is C12H22NO5P. The van der Waals surface area contributed by atoms with E-state index in [-0.39, 0.29) is 19.8 Å². The lowest BCUT2D eigenvalue weighted by Crippen LogP contribution is -2.36. The second kappa shape index (κ2) is 7.54. The molecule has 0 saturated carbocycles. The number of amides is 1. The Morgan fingerprint density at radius 2 is 1.74 bits per heavy atom. The van der Waals surface area contributed by atoms with Crippen LogP contribution in [0.2, 0.25) is 0 Å². The van der Waals surface area contributed by atoms with E-state index < -0.39 is 19.4 Å². The van der Waals surface area contributed by atoms with Crippen LogP contribution in [0.1, 0.15) is 34.6 Å². The van der Waals surface area contributed by atoms with Crippen LogP contribution in [0.4, 0.5) is 4.79 Å². The lowest BCUT2D eigenvalue weighted by atomic mass is 10.2. The molecule has 0 N–H and O–H groups in total. The third-order valence-corrected chi connectivity index (χ3v) is 3.79. The number of rotatable bonds is 6. The highest BCUT2D eigenvalue weighted by Crippen LogP contribution is 2.52. The highest BCUT2D eigenvalue weighted by atomic mass is 31.2. The molecule has 0 rings (SSSR count). The Balaban J connectivity index is 5.21. The molecule has 0 bridgehead atoms. The van der Waals surface area contributed by atoms with Crippen molar-refractivity contribution in [2.75, 3.05) is 19.8 Å². The van der Waals surface area contributed by atoms with E-state index in [9.17, 15) is 9.36 Å². The number of hydrogen-bond acceptors (Lipinski definition) is 5. The van der Waals surface area contributed by atoms with E-state index in [0.29, 0.717) is 0 Å². The molecule has 0 spiro atoms. The van der Waals surface area contributed by atoms with Crippen molar-refractivity contribution in [1.29, 1.82) is 0 Å². The van der Waals surface area contributed by atoms with Crippen LogP contribution in [-0.4, -0.2) is 36.1 Å². The molecule has 7 heteroatoms. The highest BCUT2D eigenvalue weighted by Gasteiger charge is 2.39. The number of carbonyl (C=O) groups excluding carboxylic acids is 1. The minimum absolute atomic E-state index is 0.126. The first-order valence-electron chi connectivity index (χ1n) is 6.03. The van der Waals surface area contributed by atoms with Crippen molar-refractivity contribution >= 4 is 13.8 Å². The summed E-state index contributed by atoms with van der Waals surface area (Å²) in [6.45, 7) is 8.43. The van der Waals surface area contributed by atoms with Crippen LogP contribution < -0.4 is 0 Å². The molecule has 0 atom stereocenters. The van der Waals surface area contributed by atoms with Crippen molar-refractivity contribution in [3.8, 4) is 12.3 Å². The van der Waals surface area contributed by atoms with E-state index in [1.807, 2.05) is 0 Å². The molecular weight excluding hydrogens is 269 g/mol. The molecule has 0 heterocycles. The number of hydrogen-bond donors (Lipinski definition) is 0. The zero-order valence-corrected chi connectivity index (χ0v) is 13.0. The SMILES string of the molecule is C#CCN(C(=O)OC(C)(C)C)P(=O)(OCC)OCC. The van der Waals surface area contributed by atoms with Gasteiger partial charge in [-0.2, -0.15) is 0 Å². The fraction of sp³-hybridized carbons (Fsp3) is 0.750. The van der Waals surface area contributed by atoms with Gasteiger partial charge in [0.25, 0.3) is 0 Å². The molecule has 19 heavy (non-hydrogen) atoms. The molecule has 0 radical (unpaired) electrons. The van der Waals surface area contributed by atoms with Crippen molar-refractivity contribution < 1.29 is 23.1 Å². The molecule has 0 aliphatic carbocycles. The fourth-order valence-electron chi connectivity index (χ4n) is 1.16. The second-order valence-corrected chi connectivity index (χ2v) is 6.48. The Labute approximate surface area is 115 Å². The standard InChI is InChI=1S/C12H22NO5P/c1-7-10-13(11(14)18-12(4,5)6)19(15,16-8-2)17-9-3/h1H,8-10H2,2-6H3. The van der Waals surface area contributed by atoms with Gasteiger partial charge in [0, 0.05) is 0 Å². The number of terminal acetylenes is 1. The number of carbonyl (C=O) groups is 1.